The first-order valence-corrected chi connectivity index (χ1v) is 12.0. The Morgan fingerprint density at radius 1 is 1.06 bits per heavy atom. The van der Waals surface area contributed by atoms with E-state index in [0.717, 1.165) is 43.8 Å². The summed E-state index contributed by atoms with van der Waals surface area (Å²) in [5.74, 6) is -0.711. The summed E-state index contributed by atoms with van der Waals surface area (Å²) in [6.45, 7) is 2.15. The molecule has 0 saturated carbocycles. The van der Waals surface area contributed by atoms with Gasteiger partial charge in [-0.25, -0.2) is 14.8 Å². The van der Waals surface area contributed by atoms with Crippen LogP contribution in [0.25, 0.3) is 21.3 Å². The topological polar surface area (TPSA) is 92.6 Å². The van der Waals surface area contributed by atoms with Crippen LogP contribution in [-0.2, 0) is 16.0 Å². The molecule has 34 heavy (non-hydrogen) atoms. The number of carbonyl (C=O) groups excluding carboxylic acids is 1. The van der Waals surface area contributed by atoms with Crippen LogP contribution in [0.3, 0.4) is 0 Å². The SMILES string of the molecule is CCc1cc2c(N(CCC(=O)O)C(=O)OCC3c4ccccc4-c4ccccc43)ncnc2s1. The summed E-state index contributed by atoms with van der Waals surface area (Å²) in [7, 11) is 0. The number of aliphatic carboxylic acids is 1. The summed E-state index contributed by atoms with van der Waals surface area (Å²) < 4.78 is 5.81. The monoisotopic (exact) mass is 473 g/mol. The van der Waals surface area contributed by atoms with Gasteiger partial charge in [-0.2, -0.15) is 0 Å². The van der Waals surface area contributed by atoms with E-state index in [4.69, 9.17) is 4.74 Å². The van der Waals surface area contributed by atoms with Gasteiger partial charge in [0.2, 0.25) is 0 Å². The third-order valence-electron chi connectivity index (χ3n) is 6.07. The summed E-state index contributed by atoms with van der Waals surface area (Å²) in [5, 5.41) is 9.98. The van der Waals surface area contributed by atoms with Crippen molar-refractivity contribution in [2.75, 3.05) is 18.1 Å². The van der Waals surface area contributed by atoms with Crippen LogP contribution in [0.15, 0.2) is 60.9 Å². The molecule has 0 atom stereocenters. The fourth-order valence-electron chi connectivity index (χ4n) is 4.45. The molecule has 0 aliphatic heterocycles. The van der Waals surface area contributed by atoms with Crippen molar-refractivity contribution >= 4 is 39.4 Å². The van der Waals surface area contributed by atoms with Crippen LogP contribution in [0.1, 0.15) is 35.3 Å². The Bertz CT molecular complexity index is 1340. The molecule has 172 valence electrons. The number of carbonyl (C=O) groups is 2. The number of hydrogen-bond donors (Lipinski definition) is 1. The molecule has 1 N–H and O–H groups in total. The van der Waals surface area contributed by atoms with Gasteiger partial charge in [0.25, 0.3) is 0 Å². The van der Waals surface area contributed by atoms with Crippen LogP contribution in [0, 0.1) is 0 Å². The van der Waals surface area contributed by atoms with Crippen molar-refractivity contribution in [2.24, 2.45) is 0 Å². The Balaban J connectivity index is 1.43. The molecular formula is C26H23N3O4S. The van der Waals surface area contributed by atoms with Crippen molar-refractivity contribution in [3.63, 3.8) is 0 Å². The average Bonchev–Trinajstić information content (AvgIpc) is 3.42. The highest BCUT2D eigenvalue weighted by Crippen LogP contribution is 2.44. The molecule has 1 aliphatic rings. The number of amides is 1. The van der Waals surface area contributed by atoms with Gasteiger partial charge in [-0.1, -0.05) is 55.5 Å². The third-order valence-corrected chi connectivity index (χ3v) is 7.26. The van der Waals surface area contributed by atoms with Crippen molar-refractivity contribution in [3.05, 3.63) is 76.9 Å². The quantitative estimate of drug-likeness (QED) is 0.382. The highest BCUT2D eigenvalue weighted by molar-refractivity contribution is 7.18. The summed E-state index contributed by atoms with van der Waals surface area (Å²) >= 11 is 1.54. The minimum atomic E-state index is -0.999. The van der Waals surface area contributed by atoms with Crippen LogP contribution >= 0.6 is 11.3 Å². The maximum atomic E-state index is 13.3. The van der Waals surface area contributed by atoms with E-state index >= 15 is 0 Å². The highest BCUT2D eigenvalue weighted by atomic mass is 32.1. The summed E-state index contributed by atoms with van der Waals surface area (Å²) in [5.41, 5.74) is 4.52. The number of carboxylic acid groups (broad SMARTS) is 1. The van der Waals surface area contributed by atoms with Gasteiger partial charge in [0, 0.05) is 17.3 Å². The number of carboxylic acids is 1. The molecule has 5 rings (SSSR count). The number of aryl methyl sites for hydroxylation is 1. The van der Waals surface area contributed by atoms with Gasteiger partial charge in [0.05, 0.1) is 11.8 Å². The first kappa shape index (κ1) is 22.0. The first-order chi connectivity index (χ1) is 16.6. The van der Waals surface area contributed by atoms with E-state index in [9.17, 15) is 14.7 Å². The van der Waals surface area contributed by atoms with Crippen molar-refractivity contribution in [3.8, 4) is 11.1 Å². The van der Waals surface area contributed by atoms with Gasteiger partial charge in [0.1, 0.15) is 23.6 Å². The lowest BCUT2D eigenvalue weighted by Gasteiger charge is -2.22. The Morgan fingerprint density at radius 2 is 1.74 bits per heavy atom. The lowest BCUT2D eigenvalue weighted by Crippen LogP contribution is -2.35. The third kappa shape index (κ3) is 4.01. The second-order valence-electron chi connectivity index (χ2n) is 8.08. The number of benzene rings is 2. The van der Waals surface area contributed by atoms with Gasteiger partial charge in [-0.05, 0) is 34.7 Å². The smallest absolute Gasteiger partial charge is 0.415 e. The molecule has 1 amide bonds. The fraction of sp³-hybridized carbons (Fsp3) is 0.231. The number of nitrogens with zero attached hydrogens (tertiary/aromatic N) is 3. The summed E-state index contributed by atoms with van der Waals surface area (Å²) in [6.07, 6.45) is 1.39. The van der Waals surface area contributed by atoms with Gasteiger partial charge >= 0.3 is 12.1 Å². The molecule has 2 aromatic heterocycles. The largest absolute Gasteiger partial charge is 0.481 e. The Kier molecular flexibility index (Phi) is 5.98. The predicted octanol–water partition coefficient (Wildman–Crippen LogP) is 5.48. The van der Waals surface area contributed by atoms with Crippen LogP contribution in [0.4, 0.5) is 10.6 Å². The standard InChI is InChI=1S/C26H23N3O4S/c1-2-16-13-21-24(27-15-28-25(21)34-16)29(12-11-23(30)31)26(32)33-14-22-19-9-5-3-7-17(19)18-8-4-6-10-20(18)22/h3-10,13,15,22H,2,11-12,14H2,1H3,(H,30,31). The second kappa shape index (κ2) is 9.23. The summed E-state index contributed by atoms with van der Waals surface area (Å²) in [4.78, 5) is 36.5. The molecule has 1 aliphatic carbocycles. The molecule has 0 fully saturated rings. The Labute approximate surface area is 200 Å². The van der Waals surface area contributed by atoms with E-state index in [2.05, 4.69) is 34.2 Å². The Morgan fingerprint density at radius 3 is 2.38 bits per heavy atom. The van der Waals surface area contributed by atoms with Gasteiger partial charge in [-0.15, -0.1) is 11.3 Å². The van der Waals surface area contributed by atoms with Crippen molar-refractivity contribution in [2.45, 2.75) is 25.7 Å². The zero-order chi connectivity index (χ0) is 23.7. The lowest BCUT2D eigenvalue weighted by atomic mass is 9.98. The van der Waals surface area contributed by atoms with Gasteiger partial charge < -0.3 is 9.84 Å². The maximum absolute atomic E-state index is 13.3. The Hall–Kier alpha value is -3.78. The molecule has 4 aromatic rings. The molecule has 2 aromatic carbocycles. The number of anilines is 1. The normalized spacial score (nSPS) is 12.4. The maximum Gasteiger partial charge on any atom is 0.415 e. The molecule has 0 radical (unpaired) electrons. The van der Waals surface area contributed by atoms with E-state index in [-0.39, 0.29) is 25.5 Å². The molecule has 7 nitrogen and oxygen atoms in total. The predicted molar refractivity (Wildman–Crippen MR) is 131 cm³/mol. The number of hydrogen-bond acceptors (Lipinski definition) is 6. The van der Waals surface area contributed by atoms with Gasteiger partial charge in [-0.3, -0.25) is 9.69 Å². The molecule has 2 heterocycles. The number of ether oxygens (including phenoxy) is 1. The molecule has 0 saturated heterocycles. The molecular weight excluding hydrogens is 450 g/mol. The molecule has 0 unspecified atom stereocenters. The highest BCUT2D eigenvalue weighted by Gasteiger charge is 2.30. The van der Waals surface area contributed by atoms with Crippen molar-refractivity contribution < 1.29 is 19.4 Å². The van der Waals surface area contributed by atoms with Crippen LogP contribution in [0.2, 0.25) is 0 Å². The van der Waals surface area contributed by atoms with E-state index in [1.54, 1.807) is 0 Å². The van der Waals surface area contributed by atoms with Crippen molar-refractivity contribution in [1.29, 1.82) is 0 Å². The van der Waals surface area contributed by atoms with E-state index in [1.807, 2.05) is 37.3 Å². The number of thiophene rings is 1. The van der Waals surface area contributed by atoms with E-state index in [1.165, 1.54) is 22.6 Å². The van der Waals surface area contributed by atoms with Crippen molar-refractivity contribution in [1.82, 2.24) is 9.97 Å². The molecule has 0 spiro atoms. The minimum absolute atomic E-state index is 0.0462. The lowest BCUT2D eigenvalue weighted by molar-refractivity contribution is -0.136. The number of fused-ring (bicyclic) bond motifs is 4. The zero-order valence-electron chi connectivity index (χ0n) is 18.6. The number of rotatable bonds is 7. The van der Waals surface area contributed by atoms with Crippen LogP contribution in [-0.4, -0.2) is 40.3 Å². The fourth-order valence-corrected chi connectivity index (χ4v) is 5.37. The average molecular weight is 474 g/mol. The zero-order valence-corrected chi connectivity index (χ0v) is 19.4. The van der Waals surface area contributed by atoms with Gasteiger partial charge in [0.15, 0.2) is 0 Å². The van der Waals surface area contributed by atoms with Crippen LogP contribution < -0.4 is 4.90 Å². The first-order valence-electron chi connectivity index (χ1n) is 11.1. The van der Waals surface area contributed by atoms with Crippen LogP contribution in [0.5, 0.6) is 0 Å². The van der Waals surface area contributed by atoms with E-state index < -0.39 is 12.1 Å². The summed E-state index contributed by atoms with van der Waals surface area (Å²) in [6, 6.07) is 18.2. The minimum Gasteiger partial charge on any atom is -0.481 e. The molecule has 0 bridgehead atoms. The molecule has 8 heteroatoms. The second-order valence-corrected chi connectivity index (χ2v) is 9.20. The number of aromatic nitrogens is 2. The van der Waals surface area contributed by atoms with E-state index in [0.29, 0.717) is 5.82 Å².